The number of para-hydroxylation sites is 1. The Morgan fingerprint density at radius 2 is 1.96 bits per heavy atom. The number of rotatable bonds is 4. The summed E-state index contributed by atoms with van der Waals surface area (Å²) in [4.78, 5) is 12.2. The average Bonchev–Trinajstić information content (AvgIpc) is 2.89. The number of benzene rings is 1. The molecule has 7 nitrogen and oxygen atoms in total. The third-order valence-electron chi connectivity index (χ3n) is 3.87. The topological polar surface area (TPSA) is 101 Å². The Bertz CT molecular complexity index is 850. The lowest BCUT2D eigenvalue weighted by Crippen LogP contribution is -2.22. The number of carbonyl (C=O) groups excluding carboxylic acids is 1. The van der Waals surface area contributed by atoms with Gasteiger partial charge in [0.25, 0.3) is 5.91 Å². The van der Waals surface area contributed by atoms with Crippen molar-refractivity contribution < 1.29 is 13.2 Å². The number of amides is 1. The van der Waals surface area contributed by atoms with E-state index in [1.807, 2.05) is 31.2 Å². The Kier molecular flexibility index (Phi) is 4.48. The molecule has 1 unspecified atom stereocenters. The number of nitrogens with one attached hydrogen (secondary N) is 2. The maximum Gasteiger partial charge on any atom is 0.276 e. The van der Waals surface area contributed by atoms with Gasteiger partial charge in [0.1, 0.15) is 5.82 Å². The van der Waals surface area contributed by atoms with Crippen molar-refractivity contribution in [2.45, 2.75) is 19.4 Å². The zero-order valence-corrected chi connectivity index (χ0v) is 14.0. The standard InChI is InChI=1S/C16H18N4O3S/c1-11-4-2-3-5-13(11)18-16(21)14-6-7-15(20-19-14)17-12-8-9-24(22,23)10-12/h2-7,12H,8-10H2,1H3,(H,17,20)(H,18,21). The van der Waals surface area contributed by atoms with Crippen molar-refractivity contribution in [3.63, 3.8) is 0 Å². The second-order valence-electron chi connectivity index (χ2n) is 5.82. The molecular weight excluding hydrogens is 328 g/mol. The summed E-state index contributed by atoms with van der Waals surface area (Å²) >= 11 is 0. The largest absolute Gasteiger partial charge is 0.365 e. The van der Waals surface area contributed by atoms with E-state index in [-0.39, 0.29) is 29.1 Å². The predicted molar refractivity (Wildman–Crippen MR) is 91.8 cm³/mol. The minimum atomic E-state index is -2.95. The molecule has 1 aliphatic rings. The van der Waals surface area contributed by atoms with Gasteiger partial charge in [-0.25, -0.2) is 8.42 Å². The van der Waals surface area contributed by atoms with Gasteiger partial charge in [-0.1, -0.05) is 18.2 Å². The summed E-state index contributed by atoms with van der Waals surface area (Å²) in [5.41, 5.74) is 1.88. The van der Waals surface area contributed by atoms with Gasteiger partial charge in [0, 0.05) is 11.7 Å². The first-order chi connectivity index (χ1) is 11.4. The molecular formula is C16H18N4O3S. The molecule has 1 fully saturated rings. The number of nitrogens with zero attached hydrogens (tertiary/aromatic N) is 2. The molecule has 1 aromatic carbocycles. The zero-order chi connectivity index (χ0) is 17.2. The summed E-state index contributed by atoms with van der Waals surface area (Å²) in [6, 6.07) is 10.5. The van der Waals surface area contributed by atoms with Gasteiger partial charge in [0.2, 0.25) is 0 Å². The Hall–Kier alpha value is -2.48. The van der Waals surface area contributed by atoms with Gasteiger partial charge in [0.15, 0.2) is 15.5 Å². The highest BCUT2D eigenvalue weighted by molar-refractivity contribution is 7.91. The van der Waals surface area contributed by atoms with Gasteiger partial charge in [-0.3, -0.25) is 4.79 Å². The number of hydrogen-bond donors (Lipinski definition) is 2. The Labute approximate surface area is 140 Å². The molecule has 1 atom stereocenters. The number of aryl methyl sites for hydroxylation is 1. The molecule has 1 aliphatic heterocycles. The molecule has 0 aliphatic carbocycles. The average molecular weight is 346 g/mol. The van der Waals surface area contributed by atoms with Crippen LogP contribution in [0.5, 0.6) is 0 Å². The molecule has 0 bridgehead atoms. The van der Waals surface area contributed by atoms with Crippen LogP contribution in [0.1, 0.15) is 22.5 Å². The number of hydrogen-bond acceptors (Lipinski definition) is 6. The summed E-state index contributed by atoms with van der Waals surface area (Å²) in [5, 5.41) is 13.7. The van der Waals surface area contributed by atoms with Crippen LogP contribution in [0.4, 0.5) is 11.5 Å². The normalized spacial score (nSPS) is 19.0. The minimum absolute atomic E-state index is 0.101. The van der Waals surface area contributed by atoms with Crippen LogP contribution in [0, 0.1) is 6.92 Å². The SMILES string of the molecule is Cc1ccccc1NC(=O)c1ccc(NC2CCS(=O)(=O)C2)nn1. The van der Waals surface area contributed by atoms with E-state index in [4.69, 9.17) is 0 Å². The van der Waals surface area contributed by atoms with Gasteiger partial charge < -0.3 is 10.6 Å². The van der Waals surface area contributed by atoms with E-state index in [1.54, 1.807) is 12.1 Å². The lowest BCUT2D eigenvalue weighted by molar-refractivity contribution is 0.102. The van der Waals surface area contributed by atoms with Gasteiger partial charge in [-0.2, -0.15) is 0 Å². The molecule has 2 heterocycles. The van der Waals surface area contributed by atoms with Crippen molar-refractivity contribution >= 4 is 27.2 Å². The second-order valence-corrected chi connectivity index (χ2v) is 8.05. The fourth-order valence-electron chi connectivity index (χ4n) is 2.55. The maximum absolute atomic E-state index is 12.2. The summed E-state index contributed by atoms with van der Waals surface area (Å²) < 4.78 is 22.9. The van der Waals surface area contributed by atoms with Gasteiger partial charge in [-0.15, -0.1) is 10.2 Å². The Morgan fingerprint density at radius 1 is 1.17 bits per heavy atom. The first-order valence-corrected chi connectivity index (χ1v) is 9.43. The van der Waals surface area contributed by atoms with Gasteiger partial charge >= 0.3 is 0 Å². The molecule has 1 aromatic heterocycles. The lowest BCUT2D eigenvalue weighted by Gasteiger charge is -2.11. The number of aromatic nitrogens is 2. The van der Waals surface area contributed by atoms with Crippen molar-refractivity contribution in [1.29, 1.82) is 0 Å². The molecule has 2 N–H and O–H groups in total. The molecule has 0 spiro atoms. The molecule has 8 heteroatoms. The Balaban J connectivity index is 1.64. The minimum Gasteiger partial charge on any atom is -0.365 e. The van der Waals surface area contributed by atoms with E-state index in [9.17, 15) is 13.2 Å². The molecule has 1 saturated heterocycles. The number of anilines is 2. The summed E-state index contributed by atoms with van der Waals surface area (Å²) in [6.45, 7) is 1.91. The first kappa shape index (κ1) is 16.4. The monoisotopic (exact) mass is 346 g/mol. The molecule has 0 saturated carbocycles. The van der Waals surface area contributed by atoms with Crippen LogP contribution in [0.25, 0.3) is 0 Å². The van der Waals surface area contributed by atoms with Crippen LogP contribution in [0.15, 0.2) is 36.4 Å². The molecule has 2 aromatic rings. The lowest BCUT2D eigenvalue weighted by atomic mass is 10.2. The third kappa shape index (κ3) is 3.88. The number of sulfone groups is 1. The maximum atomic E-state index is 12.2. The highest BCUT2D eigenvalue weighted by Gasteiger charge is 2.28. The quantitative estimate of drug-likeness (QED) is 0.873. The van der Waals surface area contributed by atoms with E-state index in [0.717, 1.165) is 11.3 Å². The fraction of sp³-hybridized carbons (Fsp3) is 0.312. The highest BCUT2D eigenvalue weighted by atomic mass is 32.2. The third-order valence-corrected chi connectivity index (χ3v) is 5.64. The van der Waals surface area contributed by atoms with E-state index < -0.39 is 9.84 Å². The summed E-state index contributed by atoms with van der Waals surface area (Å²) in [7, 11) is -2.95. The molecule has 24 heavy (non-hydrogen) atoms. The molecule has 0 radical (unpaired) electrons. The second kappa shape index (κ2) is 6.56. The van der Waals surface area contributed by atoms with Crippen molar-refractivity contribution in [1.82, 2.24) is 10.2 Å². The van der Waals surface area contributed by atoms with Crippen LogP contribution >= 0.6 is 0 Å². The van der Waals surface area contributed by atoms with Crippen molar-refractivity contribution in [2.24, 2.45) is 0 Å². The van der Waals surface area contributed by atoms with Gasteiger partial charge in [-0.05, 0) is 37.1 Å². The van der Waals surface area contributed by atoms with Crippen molar-refractivity contribution in [3.05, 3.63) is 47.7 Å². The van der Waals surface area contributed by atoms with E-state index in [2.05, 4.69) is 20.8 Å². The smallest absolute Gasteiger partial charge is 0.276 e. The Morgan fingerprint density at radius 3 is 2.58 bits per heavy atom. The van der Waals surface area contributed by atoms with Gasteiger partial charge in [0.05, 0.1) is 11.5 Å². The number of carbonyl (C=O) groups is 1. The summed E-state index contributed by atoms with van der Waals surface area (Å²) in [6.07, 6.45) is 0.555. The van der Waals surface area contributed by atoms with E-state index in [1.165, 1.54) is 0 Å². The first-order valence-electron chi connectivity index (χ1n) is 7.61. The molecule has 1 amide bonds. The van der Waals surface area contributed by atoms with Crippen LogP contribution in [0.2, 0.25) is 0 Å². The van der Waals surface area contributed by atoms with Crippen LogP contribution in [0.3, 0.4) is 0 Å². The molecule has 126 valence electrons. The van der Waals surface area contributed by atoms with Crippen molar-refractivity contribution in [3.8, 4) is 0 Å². The van der Waals surface area contributed by atoms with Crippen molar-refractivity contribution in [2.75, 3.05) is 22.1 Å². The fourth-order valence-corrected chi connectivity index (χ4v) is 4.22. The predicted octanol–water partition coefficient (Wildman–Crippen LogP) is 1.64. The summed E-state index contributed by atoms with van der Waals surface area (Å²) in [5.74, 6) is 0.412. The molecule has 3 rings (SSSR count). The van der Waals surface area contributed by atoms with E-state index in [0.29, 0.717) is 12.2 Å². The van der Waals surface area contributed by atoms with E-state index >= 15 is 0 Å². The zero-order valence-electron chi connectivity index (χ0n) is 13.2. The van der Waals surface area contributed by atoms with Crippen LogP contribution in [-0.2, 0) is 9.84 Å². The van der Waals surface area contributed by atoms with Crippen LogP contribution in [-0.4, -0.2) is 42.1 Å². The van der Waals surface area contributed by atoms with Crippen LogP contribution < -0.4 is 10.6 Å². The highest BCUT2D eigenvalue weighted by Crippen LogP contribution is 2.17.